The van der Waals surface area contributed by atoms with Crippen molar-refractivity contribution in [2.24, 2.45) is 35.5 Å². The van der Waals surface area contributed by atoms with Gasteiger partial charge in [-0.2, -0.15) is 0 Å². The maximum absolute atomic E-state index is 3.83. The van der Waals surface area contributed by atoms with Crippen LogP contribution in [0.1, 0.15) is 95.2 Å². The van der Waals surface area contributed by atoms with E-state index in [4.69, 9.17) is 0 Å². The van der Waals surface area contributed by atoms with Crippen LogP contribution in [0.3, 0.4) is 0 Å². The van der Waals surface area contributed by atoms with Crippen molar-refractivity contribution in [3.05, 3.63) is 34.9 Å². The molecule has 200 valence electrons. The fraction of sp³-hybridized carbons (Fsp3) is 0.812. The normalized spacial score (nSPS) is 40.2. The summed E-state index contributed by atoms with van der Waals surface area (Å²) < 4.78 is 0. The van der Waals surface area contributed by atoms with Gasteiger partial charge < -0.3 is 10.6 Å². The Morgan fingerprint density at radius 3 is 1.86 bits per heavy atom. The number of hydrogen-bond acceptors (Lipinski definition) is 2. The minimum absolute atomic E-state index is 0.138. The predicted molar refractivity (Wildman–Crippen MR) is 161 cm³/mol. The van der Waals surface area contributed by atoms with Gasteiger partial charge in [0, 0.05) is 10.6 Å². The highest BCUT2D eigenvalue weighted by atomic mass is 31.0. The topological polar surface area (TPSA) is 24.1 Å². The second kappa shape index (κ2) is 9.88. The first kappa shape index (κ1) is 26.2. The zero-order chi connectivity index (χ0) is 25.1. The SMILES string of the molecule is CC(C)(C)c1ccc(C2(CP)C3CC4CC(C3)CC2C4)c(C(P)(C2CCCNC2)C2CCCNC2)c1. The third-order valence-corrected chi connectivity index (χ3v) is 13.7. The van der Waals surface area contributed by atoms with Crippen molar-refractivity contribution < 1.29 is 0 Å². The Kier molecular flexibility index (Phi) is 7.20. The van der Waals surface area contributed by atoms with Crippen LogP contribution in [-0.4, -0.2) is 32.3 Å². The molecule has 4 unspecified atom stereocenters. The molecule has 1 aromatic carbocycles. The molecule has 2 saturated heterocycles. The molecule has 2 nitrogen and oxygen atoms in total. The lowest BCUT2D eigenvalue weighted by Crippen LogP contribution is -2.58. The van der Waals surface area contributed by atoms with E-state index in [2.05, 4.69) is 68.1 Å². The molecule has 4 aliphatic carbocycles. The molecule has 0 radical (unpaired) electrons. The smallest absolute Gasteiger partial charge is 0.0181 e. The minimum atomic E-state index is 0.138. The largest absolute Gasteiger partial charge is 0.316 e. The Labute approximate surface area is 226 Å². The van der Waals surface area contributed by atoms with Gasteiger partial charge in [0.05, 0.1) is 0 Å². The van der Waals surface area contributed by atoms with E-state index in [0.29, 0.717) is 17.3 Å². The first-order valence-corrected chi connectivity index (χ1v) is 16.7. The molecule has 7 rings (SSSR count). The minimum Gasteiger partial charge on any atom is -0.316 e. The fourth-order valence-electron chi connectivity index (χ4n) is 9.98. The van der Waals surface area contributed by atoms with Crippen LogP contribution in [-0.2, 0) is 16.0 Å². The third kappa shape index (κ3) is 4.19. The summed E-state index contributed by atoms with van der Waals surface area (Å²) in [5.74, 6) is 5.17. The van der Waals surface area contributed by atoms with Crippen molar-refractivity contribution in [3.8, 4) is 0 Å². The van der Waals surface area contributed by atoms with E-state index in [1.165, 1.54) is 95.7 Å². The Hall–Kier alpha value is -0.0000000000000000555. The number of hydrogen-bond donors (Lipinski definition) is 2. The van der Waals surface area contributed by atoms with E-state index in [-0.39, 0.29) is 10.6 Å². The lowest BCUT2D eigenvalue weighted by Gasteiger charge is -2.63. The Bertz CT molecular complexity index is 892. The second-order valence-electron chi connectivity index (χ2n) is 14.6. The number of piperidine rings is 2. The molecular formula is C32H52N2P2. The van der Waals surface area contributed by atoms with Crippen LogP contribution >= 0.6 is 18.5 Å². The van der Waals surface area contributed by atoms with Crippen LogP contribution < -0.4 is 10.6 Å². The first-order chi connectivity index (χ1) is 17.3. The van der Waals surface area contributed by atoms with Crippen molar-refractivity contribution in [1.82, 2.24) is 10.6 Å². The van der Waals surface area contributed by atoms with Crippen molar-refractivity contribution in [1.29, 1.82) is 0 Å². The van der Waals surface area contributed by atoms with Crippen molar-refractivity contribution in [2.75, 3.05) is 32.3 Å². The van der Waals surface area contributed by atoms with E-state index in [9.17, 15) is 0 Å². The quantitative estimate of drug-likeness (QED) is 0.421. The van der Waals surface area contributed by atoms with Gasteiger partial charge in [-0.05, 0) is 148 Å². The van der Waals surface area contributed by atoms with Crippen LogP contribution in [0, 0.1) is 35.5 Å². The molecule has 0 aromatic heterocycles. The van der Waals surface area contributed by atoms with Gasteiger partial charge in [-0.1, -0.05) is 39.0 Å². The van der Waals surface area contributed by atoms with Crippen LogP contribution in [0.15, 0.2) is 18.2 Å². The summed E-state index contributed by atoms with van der Waals surface area (Å²) in [5.41, 5.74) is 5.56. The molecule has 0 spiro atoms. The second-order valence-corrected chi connectivity index (χ2v) is 15.9. The highest BCUT2D eigenvalue weighted by molar-refractivity contribution is 7.18. The lowest BCUT2D eigenvalue weighted by atomic mass is 9.43. The molecule has 4 atom stereocenters. The van der Waals surface area contributed by atoms with Crippen molar-refractivity contribution in [3.63, 3.8) is 0 Å². The van der Waals surface area contributed by atoms with E-state index < -0.39 is 0 Å². The first-order valence-electron chi connectivity index (χ1n) is 15.3. The summed E-state index contributed by atoms with van der Waals surface area (Å²) in [6.07, 6.45) is 14.1. The van der Waals surface area contributed by atoms with Crippen LogP contribution in [0.5, 0.6) is 0 Å². The maximum atomic E-state index is 3.83. The summed E-state index contributed by atoms with van der Waals surface area (Å²) in [7, 11) is 6.89. The Morgan fingerprint density at radius 1 is 0.861 bits per heavy atom. The molecule has 6 fully saturated rings. The van der Waals surface area contributed by atoms with Gasteiger partial charge in [-0.25, -0.2) is 0 Å². The monoisotopic (exact) mass is 526 g/mol. The van der Waals surface area contributed by atoms with Gasteiger partial charge in [-0.3, -0.25) is 0 Å². The molecule has 4 heteroatoms. The highest BCUT2D eigenvalue weighted by Crippen LogP contribution is 2.65. The Morgan fingerprint density at radius 2 is 1.42 bits per heavy atom. The van der Waals surface area contributed by atoms with Gasteiger partial charge in [0.25, 0.3) is 0 Å². The zero-order valence-corrected chi connectivity index (χ0v) is 25.6. The maximum Gasteiger partial charge on any atom is 0.0181 e. The summed E-state index contributed by atoms with van der Waals surface area (Å²) in [6, 6.07) is 7.95. The molecule has 6 aliphatic rings. The fourth-order valence-corrected chi connectivity index (χ4v) is 11.7. The number of nitrogens with one attached hydrogen (secondary N) is 2. The van der Waals surface area contributed by atoms with E-state index in [0.717, 1.165) is 23.7 Å². The molecule has 1 aromatic rings. The molecule has 2 heterocycles. The molecule has 0 amide bonds. The zero-order valence-electron chi connectivity index (χ0n) is 23.3. The van der Waals surface area contributed by atoms with E-state index in [1.54, 1.807) is 11.1 Å². The Balaban J connectivity index is 1.55. The average Bonchev–Trinajstić information content (AvgIpc) is 2.89. The standard InChI is InChI=1S/C32H52N2P2/c1-30(2,3)23-8-9-28(31(20-35)26-13-21-12-22(15-26)16-27(31)14-21)29(17-23)32(36,24-6-4-10-33-18-24)25-7-5-11-34-19-25/h8-9,17,21-22,24-27,33-34H,4-7,10-16,18-20,35-36H2,1-3H3. The lowest BCUT2D eigenvalue weighted by molar-refractivity contribution is -0.0509. The van der Waals surface area contributed by atoms with Crippen LogP contribution in [0.4, 0.5) is 0 Å². The van der Waals surface area contributed by atoms with Crippen LogP contribution in [0.25, 0.3) is 0 Å². The number of benzene rings is 1. The molecule has 2 aliphatic heterocycles. The summed E-state index contributed by atoms with van der Waals surface area (Å²) in [5, 5.41) is 7.80. The highest BCUT2D eigenvalue weighted by Gasteiger charge is 2.59. The molecule has 4 bridgehead atoms. The summed E-state index contributed by atoms with van der Waals surface area (Å²) >= 11 is 0. The summed E-state index contributed by atoms with van der Waals surface area (Å²) in [4.78, 5) is 0. The van der Waals surface area contributed by atoms with E-state index in [1.807, 2.05) is 0 Å². The molecular weight excluding hydrogens is 474 g/mol. The van der Waals surface area contributed by atoms with E-state index >= 15 is 0 Å². The molecule has 36 heavy (non-hydrogen) atoms. The van der Waals surface area contributed by atoms with Gasteiger partial charge in [0.1, 0.15) is 0 Å². The van der Waals surface area contributed by atoms with Gasteiger partial charge in [-0.15, -0.1) is 18.5 Å². The predicted octanol–water partition coefficient (Wildman–Crippen LogP) is 6.62. The van der Waals surface area contributed by atoms with Gasteiger partial charge in [0.15, 0.2) is 0 Å². The van der Waals surface area contributed by atoms with Crippen LogP contribution in [0.2, 0.25) is 0 Å². The average molecular weight is 527 g/mol. The van der Waals surface area contributed by atoms with Crippen molar-refractivity contribution in [2.45, 2.75) is 94.5 Å². The number of rotatable bonds is 5. The molecule has 4 saturated carbocycles. The summed E-state index contributed by atoms with van der Waals surface area (Å²) in [6.45, 7) is 12.0. The van der Waals surface area contributed by atoms with Gasteiger partial charge in [0.2, 0.25) is 0 Å². The van der Waals surface area contributed by atoms with Gasteiger partial charge >= 0.3 is 0 Å². The molecule has 2 N–H and O–H groups in total. The van der Waals surface area contributed by atoms with Crippen molar-refractivity contribution >= 4 is 18.5 Å². The third-order valence-electron chi connectivity index (χ3n) is 11.7.